The van der Waals surface area contributed by atoms with Crippen molar-refractivity contribution in [3.8, 4) is 0 Å². The molecule has 1 fully saturated rings. The van der Waals surface area contributed by atoms with Gasteiger partial charge in [-0.3, -0.25) is 4.79 Å². The Labute approximate surface area is 82.0 Å². The Kier molecular flexibility index (Phi) is 2.47. The van der Waals surface area contributed by atoms with Gasteiger partial charge in [0, 0.05) is 30.3 Å². The van der Waals surface area contributed by atoms with E-state index in [1.165, 1.54) is 10.4 Å². The summed E-state index contributed by atoms with van der Waals surface area (Å²) < 4.78 is 0. The first-order valence-corrected chi connectivity index (χ1v) is 5.44. The van der Waals surface area contributed by atoms with Gasteiger partial charge in [-0.15, -0.1) is 11.3 Å². The maximum Gasteiger partial charge on any atom is 0.136 e. The molecule has 1 N–H and O–H groups in total. The second-order valence-electron chi connectivity index (χ2n) is 3.47. The molecule has 2 rings (SSSR count). The summed E-state index contributed by atoms with van der Waals surface area (Å²) in [7, 11) is 0. The van der Waals surface area contributed by atoms with E-state index in [0.717, 1.165) is 6.54 Å². The van der Waals surface area contributed by atoms with Crippen LogP contribution >= 0.6 is 11.3 Å². The zero-order chi connectivity index (χ0) is 9.26. The van der Waals surface area contributed by atoms with Crippen molar-refractivity contribution in [2.45, 2.75) is 25.8 Å². The number of hydrogen-bond acceptors (Lipinski definition) is 3. The van der Waals surface area contributed by atoms with Gasteiger partial charge in [0.25, 0.3) is 0 Å². The van der Waals surface area contributed by atoms with Gasteiger partial charge >= 0.3 is 0 Å². The van der Waals surface area contributed by atoms with Crippen LogP contribution in [0.4, 0.5) is 0 Å². The average Bonchev–Trinajstić information content (AvgIpc) is 2.51. The Morgan fingerprint density at radius 2 is 2.46 bits per heavy atom. The van der Waals surface area contributed by atoms with E-state index in [9.17, 15) is 4.79 Å². The molecule has 0 spiro atoms. The van der Waals surface area contributed by atoms with Gasteiger partial charge in [-0.1, -0.05) is 0 Å². The molecule has 0 aliphatic carbocycles. The maximum atomic E-state index is 11.2. The molecule has 3 heteroatoms. The Morgan fingerprint density at radius 1 is 1.62 bits per heavy atom. The minimum atomic E-state index is 0.279. The second-order valence-corrected chi connectivity index (χ2v) is 4.42. The maximum absolute atomic E-state index is 11.2. The van der Waals surface area contributed by atoms with Crippen molar-refractivity contribution in [1.29, 1.82) is 0 Å². The summed E-state index contributed by atoms with van der Waals surface area (Å²) in [6.45, 7) is 2.94. The van der Waals surface area contributed by atoms with E-state index in [1.54, 1.807) is 11.3 Å². The second kappa shape index (κ2) is 3.60. The van der Waals surface area contributed by atoms with Gasteiger partial charge in [-0.25, -0.2) is 0 Å². The monoisotopic (exact) mass is 195 g/mol. The van der Waals surface area contributed by atoms with Crippen LogP contribution in [0.25, 0.3) is 0 Å². The zero-order valence-electron chi connectivity index (χ0n) is 7.67. The van der Waals surface area contributed by atoms with Gasteiger partial charge in [0.05, 0.1) is 0 Å². The molecule has 0 amide bonds. The van der Waals surface area contributed by atoms with Gasteiger partial charge in [-0.05, 0) is 23.9 Å². The van der Waals surface area contributed by atoms with E-state index in [1.807, 2.05) is 0 Å². The molecule has 1 aromatic rings. The number of thiophene rings is 1. The van der Waals surface area contributed by atoms with Gasteiger partial charge in [0.1, 0.15) is 5.78 Å². The number of carbonyl (C=O) groups is 1. The van der Waals surface area contributed by atoms with Crippen LogP contribution in [-0.4, -0.2) is 12.3 Å². The Morgan fingerprint density at radius 3 is 3.08 bits per heavy atom. The number of rotatable bonds is 1. The van der Waals surface area contributed by atoms with Crippen molar-refractivity contribution in [1.82, 2.24) is 5.32 Å². The molecule has 0 radical (unpaired) electrons. The SMILES string of the molecule is Cc1ccsc1C1CC(=O)CCN1. The van der Waals surface area contributed by atoms with Crippen LogP contribution in [0.2, 0.25) is 0 Å². The summed E-state index contributed by atoms with van der Waals surface area (Å²) in [6.07, 6.45) is 1.36. The molecule has 70 valence electrons. The van der Waals surface area contributed by atoms with E-state index in [-0.39, 0.29) is 6.04 Å². The molecule has 1 saturated heterocycles. The summed E-state index contributed by atoms with van der Waals surface area (Å²) in [6, 6.07) is 2.39. The zero-order valence-corrected chi connectivity index (χ0v) is 8.49. The molecular weight excluding hydrogens is 182 g/mol. The molecule has 1 aliphatic heterocycles. The largest absolute Gasteiger partial charge is 0.308 e. The van der Waals surface area contributed by atoms with Crippen LogP contribution in [0.15, 0.2) is 11.4 Å². The molecular formula is C10H13NOS. The first kappa shape index (κ1) is 8.91. The smallest absolute Gasteiger partial charge is 0.136 e. The van der Waals surface area contributed by atoms with Crippen LogP contribution < -0.4 is 5.32 Å². The number of Topliss-reactive ketones (excluding diaryl/α,β-unsaturated/α-hetero) is 1. The first-order chi connectivity index (χ1) is 6.27. The highest BCUT2D eigenvalue weighted by Gasteiger charge is 2.22. The molecule has 0 aromatic carbocycles. The third kappa shape index (κ3) is 1.81. The van der Waals surface area contributed by atoms with Crippen LogP contribution in [-0.2, 0) is 4.79 Å². The molecule has 13 heavy (non-hydrogen) atoms. The Hall–Kier alpha value is -0.670. The molecule has 1 unspecified atom stereocenters. The van der Waals surface area contributed by atoms with Crippen LogP contribution in [0.3, 0.4) is 0 Å². The molecule has 1 aromatic heterocycles. The van der Waals surface area contributed by atoms with Crippen LogP contribution in [0.1, 0.15) is 29.3 Å². The summed E-state index contributed by atoms with van der Waals surface area (Å²) in [4.78, 5) is 12.6. The first-order valence-electron chi connectivity index (χ1n) is 4.56. The van der Waals surface area contributed by atoms with Gasteiger partial charge < -0.3 is 5.32 Å². The molecule has 2 nitrogen and oxygen atoms in total. The van der Waals surface area contributed by atoms with Crippen LogP contribution in [0, 0.1) is 6.92 Å². The van der Waals surface area contributed by atoms with E-state index < -0.39 is 0 Å². The van der Waals surface area contributed by atoms with Crippen molar-refractivity contribution >= 4 is 17.1 Å². The fourth-order valence-electron chi connectivity index (χ4n) is 1.71. The topological polar surface area (TPSA) is 29.1 Å². The average molecular weight is 195 g/mol. The molecule has 2 heterocycles. The lowest BCUT2D eigenvalue weighted by Crippen LogP contribution is -2.31. The van der Waals surface area contributed by atoms with Crippen molar-refractivity contribution in [3.05, 3.63) is 21.9 Å². The van der Waals surface area contributed by atoms with E-state index in [2.05, 4.69) is 23.7 Å². The number of ketones is 1. The van der Waals surface area contributed by atoms with Crippen molar-refractivity contribution in [2.24, 2.45) is 0 Å². The fraction of sp³-hybridized carbons (Fsp3) is 0.500. The number of aryl methyl sites for hydroxylation is 1. The summed E-state index contributed by atoms with van der Waals surface area (Å²) >= 11 is 1.74. The minimum Gasteiger partial charge on any atom is -0.308 e. The lowest BCUT2D eigenvalue weighted by molar-refractivity contribution is -0.120. The van der Waals surface area contributed by atoms with E-state index >= 15 is 0 Å². The van der Waals surface area contributed by atoms with E-state index in [0.29, 0.717) is 18.6 Å². The third-order valence-electron chi connectivity index (χ3n) is 2.44. The lowest BCUT2D eigenvalue weighted by atomic mass is 10.0. The van der Waals surface area contributed by atoms with Crippen molar-refractivity contribution in [3.63, 3.8) is 0 Å². The number of nitrogens with one attached hydrogen (secondary N) is 1. The molecule has 1 atom stereocenters. The Bertz CT molecular complexity index is 318. The van der Waals surface area contributed by atoms with Crippen molar-refractivity contribution in [2.75, 3.05) is 6.54 Å². The predicted molar refractivity (Wildman–Crippen MR) is 54.0 cm³/mol. The van der Waals surface area contributed by atoms with Crippen LogP contribution in [0.5, 0.6) is 0 Å². The highest BCUT2D eigenvalue weighted by molar-refractivity contribution is 7.10. The fourth-order valence-corrected chi connectivity index (χ4v) is 2.72. The van der Waals surface area contributed by atoms with E-state index in [4.69, 9.17) is 0 Å². The quantitative estimate of drug-likeness (QED) is 0.743. The summed E-state index contributed by atoms with van der Waals surface area (Å²) in [5, 5.41) is 5.47. The summed E-state index contributed by atoms with van der Waals surface area (Å²) in [5.74, 6) is 0.386. The summed E-state index contributed by atoms with van der Waals surface area (Å²) in [5.41, 5.74) is 1.30. The van der Waals surface area contributed by atoms with Gasteiger partial charge in [0.15, 0.2) is 0 Å². The van der Waals surface area contributed by atoms with Gasteiger partial charge in [-0.2, -0.15) is 0 Å². The molecule has 0 saturated carbocycles. The van der Waals surface area contributed by atoms with Crippen molar-refractivity contribution < 1.29 is 4.79 Å². The molecule has 1 aliphatic rings. The highest BCUT2D eigenvalue weighted by atomic mass is 32.1. The normalized spacial score (nSPS) is 23.5. The minimum absolute atomic E-state index is 0.279. The standard InChI is InChI=1S/C10H13NOS/c1-7-3-5-13-10(7)9-6-8(12)2-4-11-9/h3,5,9,11H,2,4,6H2,1H3. The number of hydrogen-bond donors (Lipinski definition) is 1. The number of piperidine rings is 1. The van der Waals surface area contributed by atoms with Gasteiger partial charge in [0.2, 0.25) is 0 Å². The predicted octanol–water partition coefficient (Wildman–Crippen LogP) is 2.05. The molecule has 0 bridgehead atoms. The Balaban J connectivity index is 2.17. The highest BCUT2D eigenvalue weighted by Crippen LogP contribution is 2.28. The number of carbonyl (C=O) groups excluding carboxylic acids is 1. The lowest BCUT2D eigenvalue weighted by Gasteiger charge is -2.22. The third-order valence-corrected chi connectivity index (χ3v) is 3.58.